The van der Waals surface area contributed by atoms with Crippen LogP contribution in [0.1, 0.15) is 478 Å². The molecule has 0 aromatic rings. The van der Waals surface area contributed by atoms with E-state index >= 15 is 0 Å². The van der Waals surface area contributed by atoms with Gasteiger partial charge in [0.1, 0.15) is 48.7 Å². The van der Waals surface area contributed by atoms with Crippen LogP contribution >= 0.6 is 7.82 Å². The summed E-state index contributed by atoms with van der Waals surface area (Å²) < 4.78 is 61.4. The number of esters is 4. The molecule has 2 amide bonds. The van der Waals surface area contributed by atoms with Crippen LogP contribution in [-0.4, -0.2) is 170 Å². The highest BCUT2D eigenvalue weighted by Crippen LogP contribution is 2.43. The molecule has 8 unspecified atom stereocenters. The van der Waals surface area contributed by atoms with Gasteiger partial charge in [-0.1, -0.05) is 388 Å². The first kappa shape index (κ1) is 114. The van der Waals surface area contributed by atoms with Crippen molar-refractivity contribution < 1.29 is 106 Å². The molecule has 2 saturated heterocycles. The topological polar surface area (TPSA) is 359 Å². The van der Waals surface area contributed by atoms with Gasteiger partial charge in [0.2, 0.25) is 11.8 Å². The Labute approximate surface area is 733 Å². The SMILES string of the molecule is CCCCCCCCCCCCCCCC(=O)OC(CCCCCCCCCCC)CC(=O)NC1[C@H](O)OC(CO[C@@H]2OC(CO)[C@@H](OP(=O)(O)O)[C@H](OC(=O)CC(CCCCCCCCCCC)OC(=O)CCCCCCCCCCC)C2NC(=O)CC(O)CCCCCCCCCCC)[C@@H](O)[C@@H]1OC(=O)CC(O)CCCCCCCCCCC. The molecule has 712 valence electrons. The molecule has 2 heterocycles. The Hall–Kier alpha value is -3.39. The van der Waals surface area contributed by atoms with Crippen LogP contribution in [0.3, 0.4) is 0 Å². The summed E-state index contributed by atoms with van der Waals surface area (Å²) in [6.07, 6.45) is 41.2. The average Bonchev–Trinajstić information content (AvgIpc) is 0.787. The van der Waals surface area contributed by atoms with Gasteiger partial charge in [0.15, 0.2) is 24.8 Å². The predicted octanol–water partition coefficient (Wildman–Crippen LogP) is 21.3. The van der Waals surface area contributed by atoms with Crippen LogP contribution < -0.4 is 10.6 Å². The Bertz CT molecular complexity index is 2550. The van der Waals surface area contributed by atoms with Crippen LogP contribution in [0.2, 0.25) is 0 Å². The second kappa shape index (κ2) is 76.6. The highest BCUT2D eigenvalue weighted by atomic mass is 31.2. The number of amides is 2. The van der Waals surface area contributed by atoms with Crippen molar-refractivity contribution in [2.75, 3.05) is 13.2 Å². The third-order valence-electron chi connectivity index (χ3n) is 24.1. The summed E-state index contributed by atoms with van der Waals surface area (Å²) in [5, 5.41) is 63.8. The van der Waals surface area contributed by atoms with Crippen molar-refractivity contribution in [3.05, 3.63) is 0 Å². The standard InChI is InChI=1S/C96H181N2O22P/c1-7-13-19-25-31-37-38-39-40-46-52-58-63-69-85(104)114-79(67-61-55-49-43-34-28-22-16-10-4)73-84(103)97-89-93(118-87(106)72-78(101)66-60-54-48-42-33-27-21-15-9-3)91(108)82(116-95(89)109)76-113-96-90(98-83(102)71-77(100)65-59-53-47-41-32-26-20-14-8-2)94(92(81(75-99)117-96)120-121(110,111)112)119-88(107)74-80(68-62-56-50-44-35-29-23-17-11-5)115-86(105)70-64-57-51-45-36-30-24-18-12-6/h77-82,89-96,99-101,108-109H,7-76H2,1-6H3,(H,97,103)(H,98,102)(H2,110,111,112)/t77?,78?,79?,80?,81?,82?,89?,90?,91-,92-,93-,94-,95-,96-/m1/s1. The van der Waals surface area contributed by atoms with E-state index in [4.69, 9.17) is 37.7 Å². The summed E-state index contributed by atoms with van der Waals surface area (Å²) in [6.45, 7) is 11.3. The predicted molar refractivity (Wildman–Crippen MR) is 479 cm³/mol. The molecular weight excluding hydrogens is 1560 g/mol. The van der Waals surface area contributed by atoms with Crippen LogP contribution in [-0.2, 0) is 71.0 Å². The van der Waals surface area contributed by atoms with Gasteiger partial charge in [0.25, 0.3) is 0 Å². The first-order chi connectivity index (χ1) is 58.6. The molecule has 2 rings (SSSR count). The fourth-order valence-electron chi connectivity index (χ4n) is 16.7. The molecule has 0 aromatic carbocycles. The van der Waals surface area contributed by atoms with Crippen molar-refractivity contribution in [3.63, 3.8) is 0 Å². The van der Waals surface area contributed by atoms with E-state index < -0.39 is 162 Å². The van der Waals surface area contributed by atoms with Gasteiger partial charge < -0.3 is 79.1 Å². The number of nitrogens with one attached hydrogen (secondary N) is 2. The smallest absolute Gasteiger partial charge is 0.462 e. The van der Waals surface area contributed by atoms with Crippen LogP contribution in [0, 0.1) is 0 Å². The van der Waals surface area contributed by atoms with E-state index in [0.717, 1.165) is 212 Å². The summed E-state index contributed by atoms with van der Waals surface area (Å²) in [5.41, 5.74) is 0. The molecule has 121 heavy (non-hydrogen) atoms. The monoisotopic (exact) mass is 1750 g/mol. The van der Waals surface area contributed by atoms with Gasteiger partial charge in [0, 0.05) is 12.8 Å². The Morgan fingerprint density at radius 2 is 0.653 bits per heavy atom. The van der Waals surface area contributed by atoms with Crippen LogP contribution in [0.15, 0.2) is 0 Å². The molecule has 0 bridgehead atoms. The van der Waals surface area contributed by atoms with Crippen molar-refractivity contribution in [2.24, 2.45) is 0 Å². The molecule has 2 aliphatic rings. The van der Waals surface area contributed by atoms with Gasteiger partial charge in [-0.15, -0.1) is 0 Å². The maximum Gasteiger partial charge on any atom is 0.470 e. The third-order valence-corrected chi connectivity index (χ3v) is 24.6. The molecule has 2 fully saturated rings. The van der Waals surface area contributed by atoms with Gasteiger partial charge >= 0.3 is 31.7 Å². The zero-order chi connectivity index (χ0) is 88.6. The Morgan fingerprint density at radius 1 is 0.347 bits per heavy atom. The second-order valence-corrected chi connectivity index (χ2v) is 36.8. The summed E-state index contributed by atoms with van der Waals surface area (Å²) >= 11 is 0. The normalized spacial score (nSPS) is 20.4. The lowest BCUT2D eigenvalue weighted by atomic mass is 9.95. The lowest BCUT2D eigenvalue weighted by molar-refractivity contribution is -0.298. The molecule has 0 aliphatic carbocycles. The van der Waals surface area contributed by atoms with Crippen molar-refractivity contribution in [2.45, 2.75) is 564 Å². The number of carbonyl (C=O) groups excluding carboxylic acids is 6. The maximum absolute atomic E-state index is 14.8. The number of phosphoric acid groups is 1. The Balaban J connectivity index is 2.65. The molecule has 9 N–H and O–H groups in total. The highest BCUT2D eigenvalue weighted by molar-refractivity contribution is 7.46. The first-order valence-corrected chi connectivity index (χ1v) is 51.5. The van der Waals surface area contributed by atoms with Gasteiger partial charge in [-0.2, -0.15) is 0 Å². The van der Waals surface area contributed by atoms with Crippen molar-refractivity contribution in [1.82, 2.24) is 10.6 Å². The number of ether oxygens (including phenoxy) is 7. The fourth-order valence-corrected chi connectivity index (χ4v) is 17.3. The van der Waals surface area contributed by atoms with E-state index in [1.807, 2.05) is 0 Å². The molecule has 0 aromatic heterocycles. The number of rotatable bonds is 84. The molecule has 0 spiro atoms. The lowest BCUT2D eigenvalue weighted by Crippen LogP contribution is -2.68. The van der Waals surface area contributed by atoms with Gasteiger partial charge in [-0.3, -0.25) is 33.3 Å². The number of unbranched alkanes of at least 4 members (excludes halogenated alkanes) is 52. The summed E-state index contributed by atoms with van der Waals surface area (Å²) in [7, 11) is -5.59. The largest absolute Gasteiger partial charge is 0.470 e. The van der Waals surface area contributed by atoms with Crippen molar-refractivity contribution in [1.29, 1.82) is 0 Å². The average molecular weight is 1750 g/mol. The summed E-state index contributed by atoms with van der Waals surface area (Å²) in [5.74, 6) is -4.50. The zero-order valence-corrected chi connectivity index (χ0v) is 78.2. The van der Waals surface area contributed by atoms with E-state index in [0.29, 0.717) is 44.9 Å². The quantitative estimate of drug-likeness (QED) is 0.0118. The van der Waals surface area contributed by atoms with Gasteiger partial charge in [-0.05, 0) is 51.4 Å². The maximum atomic E-state index is 14.8. The first-order valence-electron chi connectivity index (χ1n) is 50.0. The number of aliphatic hydroxyl groups is 5. The minimum absolute atomic E-state index is 0.114. The fraction of sp³-hybridized carbons (Fsp3) is 0.938. The van der Waals surface area contributed by atoms with Crippen LogP contribution in [0.4, 0.5) is 0 Å². The number of aliphatic hydroxyl groups excluding tert-OH is 5. The molecular formula is C96H181N2O22P. The summed E-state index contributed by atoms with van der Waals surface area (Å²) in [6, 6.07) is -3.47. The van der Waals surface area contributed by atoms with Crippen LogP contribution in [0.25, 0.3) is 0 Å². The molecule has 2 aliphatic heterocycles. The number of hydrogen-bond acceptors (Lipinski definition) is 20. The van der Waals surface area contributed by atoms with E-state index in [1.165, 1.54) is 122 Å². The molecule has 0 radical (unpaired) electrons. The van der Waals surface area contributed by atoms with E-state index in [2.05, 4.69) is 52.2 Å². The van der Waals surface area contributed by atoms with Crippen molar-refractivity contribution in [3.8, 4) is 0 Å². The zero-order valence-electron chi connectivity index (χ0n) is 77.3. The lowest BCUT2D eigenvalue weighted by Gasteiger charge is -2.46. The number of hydrogen-bond donors (Lipinski definition) is 9. The highest BCUT2D eigenvalue weighted by Gasteiger charge is 2.54. The molecule has 14 atom stereocenters. The van der Waals surface area contributed by atoms with Gasteiger partial charge in [-0.25, -0.2) is 4.57 Å². The second-order valence-electron chi connectivity index (χ2n) is 35.7. The third kappa shape index (κ3) is 60.9. The molecule has 24 nitrogen and oxygen atoms in total. The molecule has 25 heteroatoms. The van der Waals surface area contributed by atoms with E-state index in [9.17, 15) is 68.7 Å². The van der Waals surface area contributed by atoms with Crippen molar-refractivity contribution >= 4 is 43.5 Å². The summed E-state index contributed by atoms with van der Waals surface area (Å²) in [4.78, 5) is 106. The molecule has 0 saturated carbocycles. The number of carbonyl (C=O) groups is 6. The van der Waals surface area contributed by atoms with Crippen LogP contribution in [0.5, 0.6) is 0 Å². The minimum atomic E-state index is -5.59. The van der Waals surface area contributed by atoms with Gasteiger partial charge in [0.05, 0.1) is 51.1 Å². The number of phosphoric ester groups is 1. The van der Waals surface area contributed by atoms with E-state index in [-0.39, 0.29) is 38.5 Å². The minimum Gasteiger partial charge on any atom is -0.462 e. The Kier molecular flexibility index (Phi) is 72.0. The Morgan fingerprint density at radius 3 is 1.02 bits per heavy atom. The van der Waals surface area contributed by atoms with E-state index in [1.54, 1.807) is 0 Å².